The SMILES string of the molecule is Cc1cccc(-c2ccc(NC(=O)C3CCN(Cc4cnn(C(C)C)c4)CC3)cc2)c1. The summed E-state index contributed by atoms with van der Waals surface area (Å²) in [5.41, 5.74) is 5.71. The molecule has 0 atom stereocenters. The van der Waals surface area contributed by atoms with Gasteiger partial charge in [-0.05, 0) is 70.0 Å². The second-order valence-electron chi connectivity index (χ2n) is 8.91. The van der Waals surface area contributed by atoms with Crippen LogP contribution in [-0.2, 0) is 11.3 Å². The van der Waals surface area contributed by atoms with Crippen LogP contribution in [0.1, 0.15) is 43.9 Å². The van der Waals surface area contributed by atoms with Crippen LogP contribution >= 0.6 is 0 Å². The molecule has 1 saturated heterocycles. The monoisotopic (exact) mass is 416 g/mol. The zero-order valence-electron chi connectivity index (χ0n) is 18.7. The highest BCUT2D eigenvalue weighted by molar-refractivity contribution is 5.92. The Kier molecular flexibility index (Phi) is 6.52. The van der Waals surface area contributed by atoms with Gasteiger partial charge in [0.05, 0.1) is 6.20 Å². The van der Waals surface area contributed by atoms with Crippen LogP contribution in [-0.4, -0.2) is 33.7 Å². The Hall–Kier alpha value is -2.92. The Bertz CT molecular complexity index is 1010. The van der Waals surface area contributed by atoms with Crippen molar-refractivity contribution in [1.82, 2.24) is 14.7 Å². The number of aryl methyl sites for hydroxylation is 1. The summed E-state index contributed by atoms with van der Waals surface area (Å²) in [5, 5.41) is 7.54. The fraction of sp³-hybridized carbons (Fsp3) is 0.385. The third kappa shape index (κ3) is 5.42. The van der Waals surface area contributed by atoms with Crippen molar-refractivity contribution in [2.24, 2.45) is 5.92 Å². The smallest absolute Gasteiger partial charge is 0.227 e. The molecule has 31 heavy (non-hydrogen) atoms. The van der Waals surface area contributed by atoms with Gasteiger partial charge in [-0.2, -0.15) is 5.10 Å². The molecule has 0 unspecified atom stereocenters. The molecule has 0 spiro atoms. The van der Waals surface area contributed by atoms with E-state index >= 15 is 0 Å². The second kappa shape index (κ2) is 9.48. The van der Waals surface area contributed by atoms with Gasteiger partial charge >= 0.3 is 0 Å². The van der Waals surface area contributed by atoms with Crippen molar-refractivity contribution in [3.8, 4) is 11.1 Å². The maximum atomic E-state index is 12.8. The molecule has 0 aliphatic carbocycles. The van der Waals surface area contributed by atoms with E-state index in [0.717, 1.165) is 43.7 Å². The van der Waals surface area contributed by atoms with E-state index in [4.69, 9.17) is 0 Å². The summed E-state index contributed by atoms with van der Waals surface area (Å²) in [6, 6.07) is 17.0. The molecule has 1 aliphatic heterocycles. The van der Waals surface area contributed by atoms with Crippen molar-refractivity contribution in [3.05, 3.63) is 72.1 Å². The van der Waals surface area contributed by atoms with E-state index in [1.807, 2.05) is 23.0 Å². The lowest BCUT2D eigenvalue weighted by atomic mass is 9.95. The number of rotatable bonds is 6. The lowest BCUT2D eigenvalue weighted by molar-refractivity contribution is -0.121. The average Bonchev–Trinajstić information content (AvgIpc) is 3.24. The number of carbonyl (C=O) groups excluding carboxylic acids is 1. The average molecular weight is 417 g/mol. The Morgan fingerprint density at radius 1 is 1.10 bits per heavy atom. The number of hydrogen-bond acceptors (Lipinski definition) is 3. The van der Waals surface area contributed by atoms with Gasteiger partial charge in [0.2, 0.25) is 5.91 Å². The van der Waals surface area contributed by atoms with Crippen LogP contribution in [0.2, 0.25) is 0 Å². The van der Waals surface area contributed by atoms with E-state index < -0.39 is 0 Å². The summed E-state index contributed by atoms with van der Waals surface area (Å²) < 4.78 is 2.00. The van der Waals surface area contributed by atoms with Gasteiger partial charge in [0.1, 0.15) is 0 Å². The number of benzene rings is 2. The van der Waals surface area contributed by atoms with Crippen LogP contribution in [0.5, 0.6) is 0 Å². The number of hydrogen-bond donors (Lipinski definition) is 1. The molecule has 1 amide bonds. The van der Waals surface area contributed by atoms with Crippen molar-refractivity contribution >= 4 is 11.6 Å². The molecule has 162 valence electrons. The fourth-order valence-electron chi connectivity index (χ4n) is 4.17. The van der Waals surface area contributed by atoms with Crippen molar-refractivity contribution in [2.45, 2.75) is 46.2 Å². The van der Waals surface area contributed by atoms with Crippen molar-refractivity contribution in [1.29, 1.82) is 0 Å². The first kappa shape index (κ1) is 21.3. The first-order chi connectivity index (χ1) is 15.0. The van der Waals surface area contributed by atoms with E-state index in [1.165, 1.54) is 16.7 Å². The molecule has 1 aliphatic rings. The predicted molar refractivity (Wildman–Crippen MR) is 126 cm³/mol. The molecule has 5 nitrogen and oxygen atoms in total. The Balaban J connectivity index is 1.28. The number of piperidine rings is 1. The molecule has 1 N–H and O–H groups in total. The number of carbonyl (C=O) groups is 1. The molecule has 1 fully saturated rings. The maximum Gasteiger partial charge on any atom is 0.227 e. The summed E-state index contributed by atoms with van der Waals surface area (Å²) in [6.07, 6.45) is 5.88. The molecule has 1 aromatic heterocycles. The lowest BCUT2D eigenvalue weighted by Gasteiger charge is -2.31. The minimum absolute atomic E-state index is 0.0751. The summed E-state index contributed by atoms with van der Waals surface area (Å²) >= 11 is 0. The van der Waals surface area contributed by atoms with Crippen LogP contribution < -0.4 is 5.32 Å². The largest absolute Gasteiger partial charge is 0.326 e. The molecule has 0 bridgehead atoms. The van der Waals surface area contributed by atoms with Gasteiger partial charge in [0.15, 0.2) is 0 Å². The van der Waals surface area contributed by atoms with Gasteiger partial charge in [0.25, 0.3) is 0 Å². The molecule has 0 saturated carbocycles. The van der Waals surface area contributed by atoms with Gasteiger partial charge < -0.3 is 5.32 Å². The van der Waals surface area contributed by atoms with E-state index in [0.29, 0.717) is 6.04 Å². The van der Waals surface area contributed by atoms with Crippen molar-refractivity contribution < 1.29 is 4.79 Å². The third-order valence-corrected chi connectivity index (χ3v) is 6.05. The topological polar surface area (TPSA) is 50.2 Å². The maximum absolute atomic E-state index is 12.8. The van der Waals surface area contributed by atoms with Crippen LogP contribution in [0.3, 0.4) is 0 Å². The van der Waals surface area contributed by atoms with Crippen LogP contribution in [0.15, 0.2) is 60.9 Å². The highest BCUT2D eigenvalue weighted by atomic mass is 16.1. The van der Waals surface area contributed by atoms with Gasteiger partial charge in [-0.1, -0.05) is 42.0 Å². The first-order valence-corrected chi connectivity index (χ1v) is 11.2. The normalized spacial score (nSPS) is 15.4. The van der Waals surface area contributed by atoms with Gasteiger partial charge in [-0.3, -0.25) is 14.4 Å². The van der Waals surface area contributed by atoms with Gasteiger partial charge in [0, 0.05) is 36.0 Å². The fourth-order valence-corrected chi connectivity index (χ4v) is 4.17. The highest BCUT2D eigenvalue weighted by Crippen LogP contribution is 2.24. The van der Waals surface area contributed by atoms with Gasteiger partial charge in [-0.15, -0.1) is 0 Å². The zero-order chi connectivity index (χ0) is 21.8. The number of anilines is 1. The predicted octanol–water partition coefficient (Wildman–Crippen LogP) is 5.29. The molecule has 0 radical (unpaired) electrons. The number of likely N-dealkylation sites (tertiary alicyclic amines) is 1. The second-order valence-corrected chi connectivity index (χ2v) is 8.91. The Morgan fingerprint density at radius 3 is 2.48 bits per heavy atom. The molecular formula is C26H32N4O. The molecule has 2 heterocycles. The number of nitrogens with one attached hydrogen (secondary N) is 1. The number of aromatic nitrogens is 2. The van der Waals surface area contributed by atoms with E-state index in [1.54, 1.807) is 0 Å². The molecule has 4 rings (SSSR count). The number of amides is 1. The summed E-state index contributed by atoms with van der Waals surface area (Å²) in [6.45, 7) is 9.16. The van der Waals surface area contributed by atoms with Crippen molar-refractivity contribution in [2.75, 3.05) is 18.4 Å². The summed E-state index contributed by atoms with van der Waals surface area (Å²) in [4.78, 5) is 15.2. The van der Waals surface area contributed by atoms with Crippen LogP contribution in [0, 0.1) is 12.8 Å². The molecule has 5 heteroatoms. The lowest BCUT2D eigenvalue weighted by Crippen LogP contribution is -2.37. The van der Waals surface area contributed by atoms with Gasteiger partial charge in [-0.25, -0.2) is 0 Å². The Morgan fingerprint density at radius 2 is 1.84 bits per heavy atom. The third-order valence-electron chi connectivity index (χ3n) is 6.05. The quantitative estimate of drug-likeness (QED) is 0.594. The summed E-state index contributed by atoms with van der Waals surface area (Å²) in [7, 11) is 0. The molecule has 3 aromatic rings. The molecular weight excluding hydrogens is 384 g/mol. The highest BCUT2D eigenvalue weighted by Gasteiger charge is 2.25. The number of nitrogens with zero attached hydrogens (tertiary/aromatic N) is 3. The van der Waals surface area contributed by atoms with Crippen LogP contribution in [0.25, 0.3) is 11.1 Å². The summed E-state index contributed by atoms with van der Waals surface area (Å²) in [5.74, 6) is 0.210. The standard InChI is InChI=1S/C26H32N4O/c1-19(2)30-18-21(16-27-30)17-29-13-11-23(12-14-29)26(31)28-25-9-7-22(8-10-25)24-6-4-5-20(3)15-24/h4-10,15-16,18-19,23H,11-14,17H2,1-3H3,(H,28,31). The minimum Gasteiger partial charge on any atom is -0.326 e. The zero-order valence-corrected chi connectivity index (χ0v) is 18.7. The Labute approximate surface area is 185 Å². The first-order valence-electron chi connectivity index (χ1n) is 11.2. The van der Waals surface area contributed by atoms with Crippen LogP contribution in [0.4, 0.5) is 5.69 Å². The minimum atomic E-state index is 0.0751. The van der Waals surface area contributed by atoms with Crippen molar-refractivity contribution in [3.63, 3.8) is 0 Å². The van der Waals surface area contributed by atoms with E-state index in [9.17, 15) is 4.79 Å². The molecule has 2 aromatic carbocycles. The van der Waals surface area contributed by atoms with E-state index in [-0.39, 0.29) is 11.8 Å². The van der Waals surface area contributed by atoms with E-state index in [2.05, 4.69) is 78.7 Å².